The molecule has 2 N–H and O–H groups in total. The van der Waals surface area contributed by atoms with E-state index in [2.05, 4.69) is 4.98 Å². The third-order valence-electron chi connectivity index (χ3n) is 3.41. The molecular weight excluding hydrogens is 266 g/mol. The fourth-order valence-corrected chi connectivity index (χ4v) is 2.44. The van der Waals surface area contributed by atoms with E-state index >= 15 is 0 Å². The molecule has 0 fully saturated rings. The minimum atomic E-state index is -0.506. The zero-order valence-electron chi connectivity index (χ0n) is 11.2. The predicted molar refractivity (Wildman–Crippen MR) is 79.8 cm³/mol. The van der Waals surface area contributed by atoms with Crippen LogP contribution in [0.15, 0.2) is 48.9 Å². The number of primary amides is 1. The maximum Gasteiger partial charge on any atom is 0.250 e. The summed E-state index contributed by atoms with van der Waals surface area (Å²) in [7, 11) is 0. The number of carbonyl (C=O) groups is 2. The molecule has 5 nitrogen and oxygen atoms in total. The molecule has 2 heterocycles. The number of benzene rings is 1. The fraction of sp³-hybridized carbons (Fsp3) is 0.0625. The molecule has 0 atom stereocenters. The van der Waals surface area contributed by atoms with Gasteiger partial charge in [-0.3, -0.25) is 9.78 Å². The summed E-state index contributed by atoms with van der Waals surface area (Å²) in [5.74, 6) is -0.506. The summed E-state index contributed by atoms with van der Waals surface area (Å²) in [5, 5.41) is 0.741. The molecule has 104 valence electrons. The molecule has 0 aliphatic rings. The van der Waals surface area contributed by atoms with Gasteiger partial charge in [-0.25, -0.2) is 0 Å². The molecule has 0 saturated carbocycles. The van der Waals surface area contributed by atoms with Crippen LogP contribution in [-0.4, -0.2) is 21.7 Å². The molecule has 0 spiro atoms. The smallest absolute Gasteiger partial charge is 0.250 e. The van der Waals surface area contributed by atoms with Crippen molar-refractivity contribution < 1.29 is 9.59 Å². The van der Waals surface area contributed by atoms with Crippen molar-refractivity contribution in [2.75, 3.05) is 0 Å². The van der Waals surface area contributed by atoms with Gasteiger partial charge in [-0.05, 0) is 23.8 Å². The molecule has 21 heavy (non-hydrogen) atoms. The number of rotatable bonds is 4. The molecule has 3 aromatic rings. The van der Waals surface area contributed by atoms with E-state index in [4.69, 9.17) is 5.73 Å². The van der Waals surface area contributed by atoms with Gasteiger partial charge in [-0.1, -0.05) is 12.1 Å². The van der Waals surface area contributed by atoms with Crippen molar-refractivity contribution >= 4 is 23.1 Å². The lowest BCUT2D eigenvalue weighted by atomic mass is 10.0. The maximum atomic E-state index is 11.6. The van der Waals surface area contributed by atoms with E-state index in [1.54, 1.807) is 23.2 Å². The zero-order chi connectivity index (χ0) is 14.8. The van der Waals surface area contributed by atoms with Crippen LogP contribution in [0.1, 0.15) is 10.4 Å². The van der Waals surface area contributed by atoms with Crippen molar-refractivity contribution in [2.24, 2.45) is 5.73 Å². The highest BCUT2D eigenvalue weighted by atomic mass is 16.1. The normalized spacial score (nSPS) is 10.7. The lowest BCUT2D eigenvalue weighted by molar-refractivity contribution is -0.108. The highest BCUT2D eigenvalue weighted by Gasteiger charge is 2.13. The quantitative estimate of drug-likeness (QED) is 0.742. The van der Waals surface area contributed by atoms with Crippen LogP contribution < -0.4 is 5.73 Å². The first kappa shape index (κ1) is 13.1. The molecule has 0 saturated heterocycles. The average molecular weight is 279 g/mol. The van der Waals surface area contributed by atoms with Gasteiger partial charge in [0.15, 0.2) is 0 Å². The van der Waals surface area contributed by atoms with Crippen LogP contribution in [0.3, 0.4) is 0 Å². The van der Waals surface area contributed by atoms with Crippen molar-refractivity contribution in [2.45, 2.75) is 6.54 Å². The SMILES string of the molecule is NC(=O)c1cn(CC=O)c2ccc(-c3cccnc3)cc12. The van der Waals surface area contributed by atoms with Gasteiger partial charge < -0.3 is 15.1 Å². The maximum absolute atomic E-state index is 11.6. The number of hydrogen-bond acceptors (Lipinski definition) is 3. The molecule has 0 aliphatic carbocycles. The van der Waals surface area contributed by atoms with E-state index in [-0.39, 0.29) is 6.54 Å². The number of carbonyl (C=O) groups excluding carboxylic acids is 2. The summed E-state index contributed by atoms with van der Waals surface area (Å²) in [6, 6.07) is 9.51. The molecule has 0 aliphatic heterocycles. The van der Waals surface area contributed by atoms with E-state index in [1.807, 2.05) is 30.3 Å². The highest BCUT2D eigenvalue weighted by Crippen LogP contribution is 2.27. The number of nitrogens with zero attached hydrogens (tertiary/aromatic N) is 2. The highest BCUT2D eigenvalue weighted by molar-refractivity contribution is 6.07. The Morgan fingerprint density at radius 1 is 1.29 bits per heavy atom. The second kappa shape index (κ2) is 5.20. The van der Waals surface area contributed by atoms with E-state index in [1.165, 1.54) is 0 Å². The first-order chi connectivity index (χ1) is 10.2. The molecule has 5 heteroatoms. The minimum absolute atomic E-state index is 0.190. The molecule has 2 aromatic heterocycles. The standard InChI is InChI=1S/C16H13N3O2/c17-16(21)14-10-19(6-7-20)15-4-3-11(8-13(14)15)12-2-1-5-18-9-12/h1-5,7-10H,6H2,(H2,17,21). The zero-order valence-corrected chi connectivity index (χ0v) is 11.2. The minimum Gasteiger partial charge on any atom is -0.366 e. The molecule has 0 radical (unpaired) electrons. The van der Waals surface area contributed by atoms with Gasteiger partial charge in [0.05, 0.1) is 12.1 Å². The number of hydrogen-bond donors (Lipinski definition) is 1. The lowest BCUT2D eigenvalue weighted by Gasteiger charge is -2.03. The Hall–Kier alpha value is -2.95. The van der Waals surface area contributed by atoms with Crippen LogP contribution in [0.4, 0.5) is 0 Å². The number of nitrogens with two attached hydrogens (primary N) is 1. The van der Waals surface area contributed by atoms with Crippen molar-refractivity contribution in [1.29, 1.82) is 0 Å². The predicted octanol–water partition coefficient (Wildman–Crippen LogP) is 2.00. The summed E-state index contributed by atoms with van der Waals surface area (Å²) in [4.78, 5) is 26.4. The van der Waals surface area contributed by atoms with Crippen LogP contribution in [0.25, 0.3) is 22.0 Å². The van der Waals surface area contributed by atoms with Gasteiger partial charge in [0, 0.05) is 35.1 Å². The molecule has 0 bridgehead atoms. The Morgan fingerprint density at radius 2 is 2.14 bits per heavy atom. The number of pyridine rings is 1. The van der Waals surface area contributed by atoms with Crippen LogP contribution in [0.5, 0.6) is 0 Å². The third kappa shape index (κ3) is 2.29. The van der Waals surface area contributed by atoms with E-state index in [0.29, 0.717) is 5.56 Å². The van der Waals surface area contributed by atoms with Crippen molar-refractivity contribution in [1.82, 2.24) is 9.55 Å². The van der Waals surface area contributed by atoms with E-state index in [0.717, 1.165) is 28.3 Å². The Balaban J connectivity index is 2.23. The summed E-state index contributed by atoms with van der Waals surface area (Å²) in [6.45, 7) is 0.190. The summed E-state index contributed by atoms with van der Waals surface area (Å²) in [5.41, 5.74) is 8.55. The topological polar surface area (TPSA) is 78.0 Å². The number of amides is 1. The molecule has 1 aromatic carbocycles. The number of fused-ring (bicyclic) bond motifs is 1. The fourth-order valence-electron chi connectivity index (χ4n) is 2.44. The van der Waals surface area contributed by atoms with Gasteiger partial charge in [0.25, 0.3) is 5.91 Å². The third-order valence-corrected chi connectivity index (χ3v) is 3.41. The van der Waals surface area contributed by atoms with Crippen LogP contribution in [-0.2, 0) is 11.3 Å². The Kier molecular flexibility index (Phi) is 3.23. The average Bonchev–Trinajstić information content (AvgIpc) is 2.87. The number of aldehydes is 1. The van der Waals surface area contributed by atoms with Crippen molar-refractivity contribution in [3.05, 3.63) is 54.5 Å². The second-order valence-corrected chi connectivity index (χ2v) is 4.70. The first-order valence-electron chi connectivity index (χ1n) is 6.47. The molecule has 3 rings (SSSR count). The Morgan fingerprint density at radius 3 is 2.81 bits per heavy atom. The van der Waals surface area contributed by atoms with Gasteiger partial charge in [0.2, 0.25) is 0 Å². The van der Waals surface area contributed by atoms with Crippen LogP contribution in [0.2, 0.25) is 0 Å². The summed E-state index contributed by atoms with van der Waals surface area (Å²) < 4.78 is 1.72. The van der Waals surface area contributed by atoms with Gasteiger partial charge in [-0.15, -0.1) is 0 Å². The summed E-state index contributed by atoms with van der Waals surface area (Å²) in [6.07, 6.45) is 5.87. The Bertz CT molecular complexity index is 822. The molecular formula is C16H13N3O2. The van der Waals surface area contributed by atoms with Crippen LogP contribution >= 0.6 is 0 Å². The molecule has 1 amide bonds. The van der Waals surface area contributed by atoms with Crippen molar-refractivity contribution in [3.8, 4) is 11.1 Å². The van der Waals surface area contributed by atoms with Gasteiger partial charge in [-0.2, -0.15) is 0 Å². The van der Waals surface area contributed by atoms with Gasteiger partial charge in [0.1, 0.15) is 6.29 Å². The van der Waals surface area contributed by atoms with Crippen molar-refractivity contribution in [3.63, 3.8) is 0 Å². The molecule has 0 unspecified atom stereocenters. The Labute approximate surface area is 121 Å². The second-order valence-electron chi connectivity index (χ2n) is 4.70. The number of aromatic nitrogens is 2. The van der Waals surface area contributed by atoms with E-state index in [9.17, 15) is 9.59 Å². The first-order valence-corrected chi connectivity index (χ1v) is 6.47. The monoisotopic (exact) mass is 279 g/mol. The van der Waals surface area contributed by atoms with Crippen LogP contribution in [0, 0.1) is 0 Å². The lowest BCUT2D eigenvalue weighted by Crippen LogP contribution is -2.10. The largest absolute Gasteiger partial charge is 0.366 e. The summed E-state index contributed by atoms with van der Waals surface area (Å²) >= 11 is 0. The van der Waals surface area contributed by atoms with Gasteiger partial charge >= 0.3 is 0 Å². The van der Waals surface area contributed by atoms with E-state index < -0.39 is 5.91 Å².